The van der Waals surface area contributed by atoms with E-state index in [1.54, 1.807) is 6.42 Å². The van der Waals surface area contributed by atoms with E-state index in [1.807, 2.05) is 34.6 Å². The molecule has 4 heteroatoms. The molecule has 0 aliphatic rings. The lowest BCUT2D eigenvalue weighted by Gasteiger charge is -2.40. The van der Waals surface area contributed by atoms with Gasteiger partial charge in [0.05, 0.1) is 18.3 Å². The van der Waals surface area contributed by atoms with Crippen LogP contribution in [0.1, 0.15) is 81.1 Å². The molecule has 4 nitrogen and oxygen atoms in total. The maximum absolute atomic E-state index is 11.9. The van der Waals surface area contributed by atoms with Crippen molar-refractivity contribution < 1.29 is 19.8 Å². The van der Waals surface area contributed by atoms with Gasteiger partial charge >= 0.3 is 5.97 Å². The quantitative estimate of drug-likeness (QED) is 0.578. The van der Waals surface area contributed by atoms with E-state index in [-0.39, 0.29) is 5.41 Å². The Hall–Kier alpha value is -1.19. The normalized spacial score (nSPS) is 15.7. The minimum Gasteiger partial charge on any atom is -0.550 e. The van der Waals surface area contributed by atoms with E-state index in [4.69, 9.17) is 0 Å². The molecule has 0 rings (SSSR count). The molecule has 0 aliphatic heterocycles. The number of aliphatic carboxylic acids is 2. The lowest BCUT2D eigenvalue weighted by Crippen LogP contribution is -2.49. The van der Waals surface area contributed by atoms with Crippen LogP contribution in [-0.4, -0.2) is 17.0 Å². The monoisotopic (exact) mass is 340 g/mol. The van der Waals surface area contributed by atoms with Crippen LogP contribution in [0.5, 0.6) is 0 Å². The van der Waals surface area contributed by atoms with Gasteiger partial charge in [-0.25, -0.2) is 4.79 Å². The third-order valence-corrected chi connectivity index (χ3v) is 5.85. The summed E-state index contributed by atoms with van der Waals surface area (Å²) in [5.41, 5.74) is -1.18. The standard InChI is InChI=1S/C20H36O4/c1-9-11-18(3,4)15(17(23)24)14(16(21)22)13-20(7,8)19(5,6)12-10-2/h13-15H,9-12H2,1-8H3,(H-,21,22,23,24). The molecule has 0 saturated heterocycles. The second-order valence-electron chi connectivity index (χ2n) is 8.92. The van der Waals surface area contributed by atoms with Gasteiger partial charge < -0.3 is 15.0 Å². The first-order valence-corrected chi connectivity index (χ1v) is 9.03. The number of carboxylic acid groups (broad SMARTS) is 2. The fraction of sp³-hybridized carbons (Fsp3) is 0.850. The Kier molecular flexibility index (Phi) is 7.85. The highest BCUT2D eigenvalue weighted by Crippen LogP contribution is 2.49. The highest BCUT2D eigenvalue weighted by Gasteiger charge is 2.53. The summed E-state index contributed by atoms with van der Waals surface area (Å²) in [6.07, 6.45) is 5.11. The van der Waals surface area contributed by atoms with Gasteiger partial charge in [-0.2, -0.15) is 0 Å². The van der Waals surface area contributed by atoms with Crippen molar-refractivity contribution in [1.82, 2.24) is 0 Å². The molecule has 140 valence electrons. The van der Waals surface area contributed by atoms with Crippen molar-refractivity contribution in [2.24, 2.45) is 28.1 Å². The van der Waals surface area contributed by atoms with Crippen LogP contribution in [0.2, 0.25) is 0 Å². The van der Waals surface area contributed by atoms with Gasteiger partial charge in [-0.3, -0.25) is 0 Å². The molecule has 2 unspecified atom stereocenters. The first-order valence-electron chi connectivity index (χ1n) is 9.03. The van der Waals surface area contributed by atoms with Gasteiger partial charge in [-0.15, -0.1) is 0 Å². The van der Waals surface area contributed by atoms with Crippen LogP contribution in [0.25, 0.3) is 0 Å². The molecule has 0 bridgehead atoms. The van der Waals surface area contributed by atoms with Gasteiger partial charge in [0, 0.05) is 5.41 Å². The second-order valence-corrected chi connectivity index (χ2v) is 8.92. The zero-order chi connectivity index (χ0) is 19.3. The van der Waals surface area contributed by atoms with E-state index in [9.17, 15) is 19.8 Å². The summed E-state index contributed by atoms with van der Waals surface area (Å²) in [6, 6.07) is 0. The van der Waals surface area contributed by atoms with Crippen LogP contribution in [0.15, 0.2) is 0 Å². The molecule has 0 aliphatic carbocycles. The number of hydrogen-bond acceptors (Lipinski definition) is 3. The first-order chi connectivity index (χ1) is 10.7. The SMILES string of the molecule is CCCC(C)(C)C(C(=O)[O-])C([CH+]C(C)(C)C(C)(C)CCC)C(=O)O. The topological polar surface area (TPSA) is 77.4 Å². The second kappa shape index (κ2) is 8.26. The van der Waals surface area contributed by atoms with Gasteiger partial charge in [0.25, 0.3) is 0 Å². The molecule has 0 heterocycles. The van der Waals surface area contributed by atoms with E-state index in [0.717, 1.165) is 19.3 Å². The lowest BCUT2D eigenvalue weighted by atomic mass is 9.58. The van der Waals surface area contributed by atoms with E-state index >= 15 is 0 Å². The van der Waals surface area contributed by atoms with Gasteiger partial charge in [0.1, 0.15) is 5.41 Å². The van der Waals surface area contributed by atoms with Gasteiger partial charge in [0.2, 0.25) is 5.92 Å². The average Bonchev–Trinajstić information content (AvgIpc) is 2.36. The van der Waals surface area contributed by atoms with Crippen LogP contribution in [0.4, 0.5) is 0 Å². The number of carbonyl (C=O) groups excluding carboxylic acids is 1. The Bertz CT molecular complexity index is 435. The minimum atomic E-state index is -1.28. The zero-order valence-corrected chi connectivity index (χ0v) is 16.7. The Morgan fingerprint density at radius 3 is 1.79 bits per heavy atom. The molecule has 0 radical (unpaired) electrons. The molecular formula is C20H36O4. The van der Waals surface area contributed by atoms with Crippen LogP contribution < -0.4 is 5.11 Å². The van der Waals surface area contributed by atoms with Gasteiger partial charge in [-0.1, -0.05) is 54.4 Å². The lowest BCUT2D eigenvalue weighted by molar-refractivity contribution is -0.317. The van der Waals surface area contributed by atoms with Gasteiger partial charge in [-0.05, 0) is 32.1 Å². The number of carbonyl (C=O) groups is 2. The first kappa shape index (κ1) is 22.8. The van der Waals surface area contributed by atoms with E-state index < -0.39 is 34.6 Å². The summed E-state index contributed by atoms with van der Waals surface area (Å²) in [5, 5.41) is 21.6. The fourth-order valence-electron chi connectivity index (χ4n) is 3.68. The fourth-order valence-corrected chi connectivity index (χ4v) is 3.68. The summed E-state index contributed by atoms with van der Waals surface area (Å²) in [5.74, 6) is -4.48. The summed E-state index contributed by atoms with van der Waals surface area (Å²) in [7, 11) is 0. The van der Waals surface area contributed by atoms with Crippen LogP contribution in [0, 0.1) is 34.5 Å². The third kappa shape index (κ3) is 5.42. The van der Waals surface area contributed by atoms with Crippen LogP contribution in [0.3, 0.4) is 0 Å². The third-order valence-electron chi connectivity index (χ3n) is 5.85. The van der Waals surface area contributed by atoms with Crippen LogP contribution in [-0.2, 0) is 9.59 Å². The molecule has 0 spiro atoms. The molecule has 0 aromatic rings. The van der Waals surface area contributed by atoms with Crippen molar-refractivity contribution in [3.8, 4) is 0 Å². The molecule has 0 aromatic carbocycles. The Balaban J connectivity index is 5.77. The molecule has 0 amide bonds. The van der Waals surface area contributed by atoms with Crippen molar-refractivity contribution in [1.29, 1.82) is 0 Å². The highest BCUT2D eigenvalue weighted by molar-refractivity contribution is 5.81. The summed E-state index contributed by atoms with van der Waals surface area (Å²) in [6.45, 7) is 15.9. The maximum atomic E-state index is 11.9. The highest BCUT2D eigenvalue weighted by atomic mass is 16.4. The summed E-state index contributed by atoms with van der Waals surface area (Å²) < 4.78 is 0. The van der Waals surface area contributed by atoms with Gasteiger partial charge in [0.15, 0.2) is 0 Å². The average molecular weight is 341 g/mol. The van der Waals surface area contributed by atoms with Crippen molar-refractivity contribution in [3.63, 3.8) is 0 Å². The number of hydrogen-bond donors (Lipinski definition) is 1. The van der Waals surface area contributed by atoms with Crippen molar-refractivity contribution in [2.75, 3.05) is 0 Å². The molecule has 0 saturated carbocycles. The summed E-state index contributed by atoms with van der Waals surface area (Å²) >= 11 is 0. The number of rotatable bonds is 11. The van der Waals surface area contributed by atoms with Crippen molar-refractivity contribution in [2.45, 2.75) is 81.1 Å². The summed E-state index contributed by atoms with van der Waals surface area (Å²) in [4.78, 5) is 23.8. The van der Waals surface area contributed by atoms with Crippen molar-refractivity contribution >= 4 is 11.9 Å². The molecule has 0 fully saturated rings. The van der Waals surface area contributed by atoms with E-state index in [0.29, 0.717) is 6.42 Å². The minimum absolute atomic E-state index is 0.124. The number of carboxylic acids is 2. The molecule has 2 atom stereocenters. The van der Waals surface area contributed by atoms with Crippen molar-refractivity contribution in [3.05, 3.63) is 6.42 Å². The van der Waals surface area contributed by atoms with E-state index in [2.05, 4.69) is 20.8 Å². The largest absolute Gasteiger partial charge is 0.550 e. The van der Waals surface area contributed by atoms with E-state index in [1.165, 1.54) is 0 Å². The Morgan fingerprint density at radius 2 is 1.46 bits per heavy atom. The van der Waals surface area contributed by atoms with Crippen LogP contribution >= 0.6 is 0 Å². The Labute approximate surface area is 148 Å². The Morgan fingerprint density at radius 1 is 1.00 bits per heavy atom. The predicted molar refractivity (Wildman–Crippen MR) is 95.1 cm³/mol. The molecular weight excluding hydrogens is 304 g/mol. The zero-order valence-electron chi connectivity index (χ0n) is 16.7. The molecule has 24 heavy (non-hydrogen) atoms. The molecule has 0 aromatic heterocycles. The molecule has 1 N–H and O–H groups in total. The maximum Gasteiger partial charge on any atom is 0.352 e. The smallest absolute Gasteiger partial charge is 0.352 e. The predicted octanol–water partition coefficient (Wildman–Crippen LogP) is 3.94.